The molecule has 0 aliphatic carbocycles. The van der Waals surface area contributed by atoms with Gasteiger partial charge in [-0.15, -0.1) is 0 Å². The summed E-state index contributed by atoms with van der Waals surface area (Å²) in [6, 6.07) is 0.277. The molecule has 5 nitrogen and oxygen atoms in total. The van der Waals surface area contributed by atoms with E-state index in [1.54, 1.807) is 6.92 Å². The first-order valence-electron chi connectivity index (χ1n) is 4.59. The fraction of sp³-hybridized carbons (Fsp3) is 0.875. The van der Waals surface area contributed by atoms with Crippen LogP contribution in [0.5, 0.6) is 0 Å². The Kier molecular flexibility index (Phi) is 4.14. The highest BCUT2D eigenvalue weighted by atomic mass is 16.5. The van der Waals surface area contributed by atoms with Gasteiger partial charge in [-0.1, -0.05) is 0 Å². The van der Waals surface area contributed by atoms with Crippen LogP contribution in [-0.2, 0) is 9.53 Å². The molecule has 1 aliphatic rings. The number of nitrogens with one attached hydrogen (secondary N) is 2. The number of esters is 1. The van der Waals surface area contributed by atoms with Gasteiger partial charge in [-0.05, 0) is 6.92 Å². The summed E-state index contributed by atoms with van der Waals surface area (Å²) in [6.45, 7) is 4.09. The second-order valence-corrected chi connectivity index (χ2v) is 3.11. The quantitative estimate of drug-likeness (QED) is 0.464. The van der Waals surface area contributed by atoms with Crippen LogP contribution in [0, 0.1) is 0 Å². The second-order valence-electron chi connectivity index (χ2n) is 3.11. The van der Waals surface area contributed by atoms with Crippen LogP contribution >= 0.6 is 0 Å². The molecule has 0 spiro atoms. The van der Waals surface area contributed by atoms with Crippen LogP contribution < -0.4 is 16.4 Å². The van der Waals surface area contributed by atoms with Gasteiger partial charge in [-0.2, -0.15) is 0 Å². The van der Waals surface area contributed by atoms with Crippen LogP contribution in [0.4, 0.5) is 0 Å². The highest BCUT2D eigenvalue weighted by Gasteiger charge is 2.23. The van der Waals surface area contributed by atoms with Crippen molar-refractivity contribution in [3.8, 4) is 0 Å². The fourth-order valence-corrected chi connectivity index (χ4v) is 1.35. The van der Waals surface area contributed by atoms with Gasteiger partial charge >= 0.3 is 5.97 Å². The number of carbonyl (C=O) groups excluding carboxylic acids is 1. The first-order chi connectivity index (χ1) is 6.24. The zero-order valence-corrected chi connectivity index (χ0v) is 7.88. The van der Waals surface area contributed by atoms with Gasteiger partial charge in [0.25, 0.3) is 0 Å². The van der Waals surface area contributed by atoms with Crippen molar-refractivity contribution < 1.29 is 9.53 Å². The molecule has 2 atom stereocenters. The molecule has 1 rings (SSSR count). The third kappa shape index (κ3) is 3.30. The summed E-state index contributed by atoms with van der Waals surface area (Å²) in [6.07, 6.45) is 0. The van der Waals surface area contributed by atoms with Crippen molar-refractivity contribution in [1.29, 1.82) is 0 Å². The Morgan fingerprint density at radius 2 is 2.46 bits per heavy atom. The minimum atomic E-state index is -0.221. The number of rotatable bonds is 4. The molecule has 0 bridgehead atoms. The van der Waals surface area contributed by atoms with Crippen LogP contribution in [0.2, 0.25) is 0 Å². The first-order valence-corrected chi connectivity index (χ1v) is 4.59. The Morgan fingerprint density at radius 3 is 3.00 bits per heavy atom. The standard InChI is InChI=1S/C8H17N3O2/c1-2-13-8(12)5-11-7-4-10-3-6(7)9/h6-7,10-11H,2-5,9H2,1H3/t6-,7-/m0/s1. The predicted molar refractivity (Wildman–Crippen MR) is 49.3 cm³/mol. The Labute approximate surface area is 78.0 Å². The van der Waals surface area contributed by atoms with E-state index in [2.05, 4.69) is 10.6 Å². The first kappa shape index (κ1) is 10.4. The second kappa shape index (κ2) is 5.16. The molecule has 0 saturated carbocycles. The lowest BCUT2D eigenvalue weighted by molar-refractivity contribution is -0.142. The normalized spacial score (nSPS) is 27.5. The van der Waals surface area contributed by atoms with E-state index in [1.807, 2.05) is 0 Å². The minimum absolute atomic E-state index is 0.0921. The van der Waals surface area contributed by atoms with Crippen molar-refractivity contribution in [3.05, 3.63) is 0 Å². The van der Waals surface area contributed by atoms with Crippen molar-refractivity contribution in [2.75, 3.05) is 26.2 Å². The fourth-order valence-electron chi connectivity index (χ4n) is 1.35. The molecular formula is C8H17N3O2. The SMILES string of the molecule is CCOC(=O)CN[C@H]1CNC[C@@H]1N. The average molecular weight is 187 g/mol. The Morgan fingerprint density at radius 1 is 1.69 bits per heavy atom. The summed E-state index contributed by atoms with van der Waals surface area (Å²) < 4.78 is 4.77. The number of nitrogens with two attached hydrogens (primary N) is 1. The van der Waals surface area contributed by atoms with Crippen molar-refractivity contribution >= 4 is 5.97 Å². The zero-order chi connectivity index (χ0) is 9.68. The van der Waals surface area contributed by atoms with E-state index in [1.165, 1.54) is 0 Å². The van der Waals surface area contributed by atoms with E-state index < -0.39 is 0 Å². The summed E-state index contributed by atoms with van der Waals surface area (Å²) in [5, 5.41) is 6.19. The van der Waals surface area contributed by atoms with Gasteiger partial charge in [0, 0.05) is 25.2 Å². The zero-order valence-electron chi connectivity index (χ0n) is 7.88. The molecule has 0 unspecified atom stereocenters. The van der Waals surface area contributed by atoms with Crippen molar-refractivity contribution in [1.82, 2.24) is 10.6 Å². The topological polar surface area (TPSA) is 76.4 Å². The molecule has 0 amide bonds. The summed E-state index contributed by atoms with van der Waals surface area (Å²) in [5.74, 6) is -0.221. The van der Waals surface area contributed by atoms with Crippen LogP contribution in [0.1, 0.15) is 6.92 Å². The van der Waals surface area contributed by atoms with E-state index >= 15 is 0 Å². The number of hydrogen-bond donors (Lipinski definition) is 3. The smallest absolute Gasteiger partial charge is 0.319 e. The highest BCUT2D eigenvalue weighted by Crippen LogP contribution is 1.95. The molecule has 13 heavy (non-hydrogen) atoms. The summed E-state index contributed by atoms with van der Waals surface area (Å²) >= 11 is 0. The minimum Gasteiger partial charge on any atom is -0.465 e. The van der Waals surface area contributed by atoms with E-state index in [9.17, 15) is 4.79 Å². The predicted octanol–water partition coefficient (Wildman–Crippen LogP) is -1.56. The molecule has 76 valence electrons. The van der Waals surface area contributed by atoms with Crippen molar-refractivity contribution in [3.63, 3.8) is 0 Å². The van der Waals surface area contributed by atoms with Gasteiger partial charge in [-0.3, -0.25) is 4.79 Å². The number of carbonyl (C=O) groups is 1. The summed E-state index contributed by atoms with van der Waals surface area (Å²) in [7, 11) is 0. The number of hydrogen-bond acceptors (Lipinski definition) is 5. The molecule has 0 aromatic rings. The molecule has 1 heterocycles. The van der Waals surface area contributed by atoms with Crippen LogP contribution in [0.15, 0.2) is 0 Å². The molecule has 5 heteroatoms. The molecule has 0 radical (unpaired) electrons. The highest BCUT2D eigenvalue weighted by molar-refractivity contribution is 5.71. The Bertz CT molecular complexity index is 175. The van der Waals surface area contributed by atoms with E-state index in [4.69, 9.17) is 10.5 Å². The van der Waals surface area contributed by atoms with Gasteiger partial charge in [0.05, 0.1) is 13.2 Å². The van der Waals surface area contributed by atoms with Gasteiger partial charge in [0.1, 0.15) is 0 Å². The van der Waals surface area contributed by atoms with Crippen LogP contribution in [0.25, 0.3) is 0 Å². The largest absolute Gasteiger partial charge is 0.465 e. The molecule has 1 saturated heterocycles. The van der Waals surface area contributed by atoms with Crippen LogP contribution in [0.3, 0.4) is 0 Å². The molecule has 1 fully saturated rings. The number of ether oxygens (including phenoxy) is 1. The van der Waals surface area contributed by atoms with E-state index in [0.717, 1.165) is 13.1 Å². The Balaban J connectivity index is 2.14. The molecule has 0 aromatic heterocycles. The van der Waals surface area contributed by atoms with Gasteiger partial charge < -0.3 is 21.1 Å². The Hall–Kier alpha value is -0.650. The summed E-state index contributed by atoms with van der Waals surface area (Å²) in [5.41, 5.74) is 5.76. The molecule has 0 aromatic carbocycles. The lowest BCUT2D eigenvalue weighted by atomic mass is 10.2. The lowest BCUT2D eigenvalue weighted by Crippen LogP contribution is -2.46. The van der Waals surface area contributed by atoms with E-state index in [-0.39, 0.29) is 24.6 Å². The van der Waals surface area contributed by atoms with Crippen LogP contribution in [-0.4, -0.2) is 44.3 Å². The van der Waals surface area contributed by atoms with Gasteiger partial charge in [0.2, 0.25) is 0 Å². The maximum absolute atomic E-state index is 11.0. The molecule has 4 N–H and O–H groups in total. The lowest BCUT2D eigenvalue weighted by Gasteiger charge is -2.15. The molecular weight excluding hydrogens is 170 g/mol. The third-order valence-corrected chi connectivity index (χ3v) is 2.08. The summed E-state index contributed by atoms with van der Waals surface area (Å²) in [4.78, 5) is 11.0. The van der Waals surface area contributed by atoms with Gasteiger partial charge in [0.15, 0.2) is 0 Å². The van der Waals surface area contributed by atoms with Gasteiger partial charge in [-0.25, -0.2) is 0 Å². The average Bonchev–Trinajstić information content (AvgIpc) is 2.48. The van der Waals surface area contributed by atoms with E-state index in [0.29, 0.717) is 6.61 Å². The molecule has 1 aliphatic heterocycles. The monoisotopic (exact) mass is 187 g/mol. The van der Waals surface area contributed by atoms with Crippen molar-refractivity contribution in [2.45, 2.75) is 19.0 Å². The maximum Gasteiger partial charge on any atom is 0.319 e. The third-order valence-electron chi connectivity index (χ3n) is 2.08. The maximum atomic E-state index is 11.0. The van der Waals surface area contributed by atoms with Crippen molar-refractivity contribution in [2.24, 2.45) is 5.73 Å².